The normalized spacial score (nSPS) is 12.0. The molecular weight excluding hydrogens is 1180 g/mol. The Morgan fingerprint density at radius 1 is 0.364 bits per heavy atom. The highest BCUT2D eigenvalue weighted by molar-refractivity contribution is 7.88. The maximum Gasteiger partial charge on any atom is 0.534 e. The molecule has 2 N–H and O–H groups in total. The molecule has 0 saturated heterocycles. The van der Waals surface area contributed by atoms with E-state index in [0.29, 0.717) is 10.8 Å². The van der Waals surface area contributed by atoms with Crippen molar-refractivity contribution in [2.45, 2.75) is 19.9 Å². The van der Waals surface area contributed by atoms with E-state index in [1.165, 1.54) is 117 Å². The van der Waals surface area contributed by atoms with Gasteiger partial charge in [-0.1, -0.05) is 213 Å². The molecular formula is C75H50BF3O5S4. The summed E-state index contributed by atoms with van der Waals surface area (Å²) < 4.78 is 72.3. The fourth-order valence-electron chi connectivity index (χ4n) is 12.5. The molecule has 0 fully saturated rings. The summed E-state index contributed by atoms with van der Waals surface area (Å²) in [7, 11) is -7.13. The molecule has 3 aromatic heterocycles. The first-order chi connectivity index (χ1) is 42.3. The number of benzene rings is 14. The van der Waals surface area contributed by atoms with E-state index < -0.39 is 22.7 Å². The maximum absolute atomic E-state index is 12.6. The van der Waals surface area contributed by atoms with Gasteiger partial charge in [0.25, 0.3) is 0 Å². The van der Waals surface area contributed by atoms with E-state index in [9.17, 15) is 31.6 Å². The molecule has 0 aliphatic carbocycles. The number of rotatable bonds is 5. The largest absolute Gasteiger partial charge is 0.534 e. The third-order valence-electron chi connectivity index (χ3n) is 16.4. The van der Waals surface area contributed by atoms with Gasteiger partial charge in [-0.15, -0.1) is 34.0 Å². The summed E-state index contributed by atoms with van der Waals surface area (Å²) in [5.41, 5.74) is 1.34. The van der Waals surface area contributed by atoms with E-state index in [1.54, 1.807) is 23.5 Å². The number of halogens is 3. The van der Waals surface area contributed by atoms with Crippen LogP contribution in [-0.4, -0.2) is 31.1 Å². The van der Waals surface area contributed by atoms with Crippen molar-refractivity contribution in [3.8, 4) is 28.0 Å². The van der Waals surface area contributed by atoms with Crippen LogP contribution < -0.4 is 9.65 Å². The molecule has 0 unspecified atom stereocenters. The zero-order chi connectivity index (χ0) is 59.3. The standard InChI is InChI=1S/C42H24S2.C20H13F3O3S.C12H9BO2S.CH4/c1-2-10-30-29(9-1)37-23-25(27-13-7-15-35-33-11-3-5-17-39(33)43-41(27)35)19-21-31(37)32-22-20-26(24-38(30)32)28-14-8-16-36-34-12-4-6-18-40(34)44-42(28)36;1-12-6-8-16-17-9-7-13(26-27(24,25)20(21,22)23)11-19(17)15-5-3-2-4-14(15)18(16)10-12;14-13(15)10-6-3-5-9-8-4-1-2-7-11(8)16-12(9)10;/h1-24H;2-11H,1H3;1-7,14-15H;1H4. The summed E-state index contributed by atoms with van der Waals surface area (Å²) in [6.07, 6.45) is 0. The molecule has 0 bridgehead atoms. The number of hydrogen-bond acceptors (Lipinski definition) is 8. The second kappa shape index (κ2) is 22.2. The fraction of sp³-hybridized carbons (Fsp3) is 0.0400. The molecule has 0 saturated carbocycles. The van der Waals surface area contributed by atoms with Gasteiger partial charge in [-0.25, -0.2) is 0 Å². The molecule has 17 aromatic rings. The first kappa shape index (κ1) is 56.6. The Labute approximate surface area is 516 Å². The smallest absolute Gasteiger partial charge is 0.423 e. The van der Waals surface area contributed by atoms with Crippen LogP contribution in [0.1, 0.15) is 13.0 Å². The number of hydrogen-bond donors (Lipinski definition) is 2. The third-order valence-corrected chi connectivity index (χ3v) is 21.1. The van der Waals surface area contributed by atoms with Crippen LogP contribution >= 0.6 is 34.0 Å². The topological polar surface area (TPSA) is 83.8 Å². The van der Waals surface area contributed by atoms with E-state index in [0.717, 1.165) is 42.6 Å². The summed E-state index contributed by atoms with van der Waals surface area (Å²) in [6, 6.07) is 85.4. The van der Waals surface area contributed by atoms with Crippen LogP contribution in [0.2, 0.25) is 0 Å². The van der Waals surface area contributed by atoms with Crippen molar-refractivity contribution < 1.29 is 35.8 Å². The number of fused-ring (bicyclic) bond motifs is 21. The van der Waals surface area contributed by atoms with E-state index in [4.69, 9.17) is 0 Å². The minimum atomic E-state index is -5.72. The number of thiophene rings is 3. The molecule has 0 atom stereocenters. The molecule has 88 heavy (non-hydrogen) atoms. The Bertz CT molecular complexity index is 5540. The highest BCUT2D eigenvalue weighted by Gasteiger charge is 2.48. The van der Waals surface area contributed by atoms with Gasteiger partial charge in [0.2, 0.25) is 0 Å². The van der Waals surface area contributed by atoms with Gasteiger partial charge in [-0.05, 0) is 153 Å². The van der Waals surface area contributed by atoms with Gasteiger partial charge in [-0.2, -0.15) is 21.6 Å². The van der Waals surface area contributed by atoms with Crippen LogP contribution in [0.3, 0.4) is 0 Å². The zero-order valence-electron chi connectivity index (χ0n) is 46.1. The Kier molecular flexibility index (Phi) is 14.3. The van der Waals surface area contributed by atoms with E-state index >= 15 is 0 Å². The fourth-order valence-corrected chi connectivity index (χ4v) is 16.7. The first-order valence-electron chi connectivity index (χ1n) is 28.1. The Morgan fingerprint density at radius 3 is 1.15 bits per heavy atom. The van der Waals surface area contributed by atoms with Crippen LogP contribution in [0.15, 0.2) is 249 Å². The van der Waals surface area contributed by atoms with Crippen molar-refractivity contribution in [2.75, 3.05) is 0 Å². The SMILES string of the molecule is C.Cc1ccc2c3ccc(OS(=O)(=O)C(F)(F)F)cc3c3ccccc3c2c1.OB(O)c1cccc2c1sc1ccccc12.c1ccc2c(c1)sc1c(-c3ccc4c5ccc(-c6cccc7c6sc6ccccc67)cc5c5ccccc5c4c3)cccc12. The second-order valence-electron chi connectivity index (χ2n) is 21.6. The lowest BCUT2D eigenvalue weighted by atomic mass is 9.80. The second-order valence-corrected chi connectivity index (χ2v) is 26.3. The average molecular weight is 1230 g/mol. The van der Waals surface area contributed by atoms with E-state index in [2.05, 4.69) is 162 Å². The highest BCUT2D eigenvalue weighted by atomic mass is 32.2. The molecule has 14 aromatic carbocycles. The lowest BCUT2D eigenvalue weighted by molar-refractivity contribution is -0.0500. The van der Waals surface area contributed by atoms with Crippen molar-refractivity contribution >= 4 is 182 Å². The minimum absolute atomic E-state index is 0. The third kappa shape index (κ3) is 9.66. The number of aryl methyl sites for hydroxylation is 1. The van der Waals surface area contributed by atoms with Crippen molar-refractivity contribution in [1.29, 1.82) is 0 Å². The molecule has 0 aliphatic rings. The molecule has 0 spiro atoms. The molecule has 0 radical (unpaired) electrons. The van der Waals surface area contributed by atoms with Gasteiger partial charge >= 0.3 is 22.7 Å². The molecule has 428 valence electrons. The molecule has 5 nitrogen and oxygen atoms in total. The van der Waals surface area contributed by atoms with E-state index in [1.807, 2.05) is 96.3 Å². The van der Waals surface area contributed by atoms with Crippen molar-refractivity contribution in [3.63, 3.8) is 0 Å². The minimum Gasteiger partial charge on any atom is -0.423 e. The Hall–Kier alpha value is -9.18. The summed E-state index contributed by atoms with van der Waals surface area (Å²) in [4.78, 5) is 0. The molecule has 3 heterocycles. The molecule has 13 heteroatoms. The van der Waals surface area contributed by atoms with Gasteiger partial charge in [0.1, 0.15) is 5.75 Å². The first-order valence-corrected chi connectivity index (χ1v) is 31.9. The van der Waals surface area contributed by atoms with Crippen LogP contribution in [0.4, 0.5) is 13.2 Å². The van der Waals surface area contributed by atoms with Crippen LogP contribution in [0, 0.1) is 6.92 Å². The van der Waals surface area contributed by atoms with Gasteiger partial charge in [0.05, 0.1) is 0 Å². The van der Waals surface area contributed by atoms with Gasteiger partial charge in [0.15, 0.2) is 0 Å². The zero-order valence-corrected chi connectivity index (χ0v) is 49.4. The van der Waals surface area contributed by atoms with Crippen LogP contribution in [0.5, 0.6) is 5.75 Å². The van der Waals surface area contributed by atoms with Gasteiger partial charge in [-0.3, -0.25) is 0 Å². The monoisotopic (exact) mass is 1230 g/mol. The van der Waals surface area contributed by atoms with Crippen molar-refractivity contribution in [1.82, 2.24) is 0 Å². The lowest BCUT2D eigenvalue weighted by Gasteiger charge is -2.14. The predicted molar refractivity (Wildman–Crippen MR) is 371 cm³/mol. The van der Waals surface area contributed by atoms with E-state index in [-0.39, 0.29) is 13.2 Å². The van der Waals surface area contributed by atoms with Crippen molar-refractivity contribution in [2.24, 2.45) is 0 Å². The molecule has 0 amide bonds. The quantitative estimate of drug-likeness (QED) is 0.0776. The molecule has 0 aliphatic heterocycles. The van der Waals surface area contributed by atoms with Crippen molar-refractivity contribution in [3.05, 3.63) is 254 Å². The van der Waals surface area contributed by atoms with Crippen LogP contribution in [-0.2, 0) is 10.1 Å². The number of alkyl halides is 3. The van der Waals surface area contributed by atoms with Gasteiger partial charge in [0, 0.05) is 55.1 Å². The van der Waals surface area contributed by atoms with Crippen LogP contribution in [0.25, 0.3) is 147 Å². The lowest BCUT2D eigenvalue weighted by Crippen LogP contribution is -2.29. The Balaban J connectivity index is 0.000000131. The Morgan fingerprint density at radius 2 is 0.705 bits per heavy atom. The van der Waals surface area contributed by atoms with Gasteiger partial charge < -0.3 is 14.2 Å². The predicted octanol–water partition coefficient (Wildman–Crippen LogP) is 21.3. The average Bonchev–Trinajstić information content (AvgIpc) is 1.47. The summed E-state index contributed by atoms with van der Waals surface area (Å²) in [5, 5.41) is 39.2. The summed E-state index contributed by atoms with van der Waals surface area (Å²) in [5.74, 6) is -0.378. The highest BCUT2D eigenvalue weighted by Crippen LogP contribution is 2.46. The maximum atomic E-state index is 12.6. The summed E-state index contributed by atoms with van der Waals surface area (Å²) >= 11 is 5.39. The molecule has 17 rings (SSSR count). The summed E-state index contributed by atoms with van der Waals surface area (Å²) in [6.45, 7) is 1.98.